The zero-order valence-electron chi connectivity index (χ0n) is 13.9. The van der Waals surface area contributed by atoms with Crippen LogP contribution in [0, 0.1) is 0 Å². The Kier molecular flexibility index (Phi) is 4.57. The molecule has 25 heavy (non-hydrogen) atoms. The summed E-state index contributed by atoms with van der Waals surface area (Å²) in [5.74, 6) is 1.72. The van der Waals surface area contributed by atoms with Crippen molar-refractivity contribution in [3.8, 4) is 11.1 Å². The summed E-state index contributed by atoms with van der Waals surface area (Å²) in [6.45, 7) is 3.20. The Bertz CT molecular complexity index is 832. The van der Waals surface area contributed by atoms with Gasteiger partial charge in [0.15, 0.2) is 0 Å². The van der Waals surface area contributed by atoms with Crippen LogP contribution in [0.25, 0.3) is 11.1 Å². The molecule has 4 rings (SSSR count). The van der Waals surface area contributed by atoms with Crippen molar-refractivity contribution in [1.82, 2.24) is 9.97 Å². The minimum atomic E-state index is 0.740. The first-order valence-corrected chi connectivity index (χ1v) is 8.46. The van der Waals surface area contributed by atoms with Crippen LogP contribution in [0.1, 0.15) is 0 Å². The van der Waals surface area contributed by atoms with Gasteiger partial charge in [0.2, 0.25) is 0 Å². The minimum absolute atomic E-state index is 0.740. The molecule has 1 aliphatic heterocycles. The summed E-state index contributed by atoms with van der Waals surface area (Å²) in [5.41, 5.74) is 3.35. The van der Waals surface area contributed by atoms with Crippen LogP contribution in [-0.2, 0) is 4.74 Å². The van der Waals surface area contributed by atoms with Crippen molar-refractivity contribution in [1.29, 1.82) is 0 Å². The van der Waals surface area contributed by atoms with Gasteiger partial charge in [0.25, 0.3) is 0 Å². The fraction of sp³-hybridized carbons (Fsp3) is 0.200. The van der Waals surface area contributed by atoms with Crippen LogP contribution in [0.15, 0.2) is 67.0 Å². The first kappa shape index (κ1) is 15.6. The average molecular weight is 332 g/mol. The van der Waals surface area contributed by atoms with E-state index in [9.17, 15) is 0 Å². The van der Waals surface area contributed by atoms with Gasteiger partial charge in [-0.05, 0) is 11.6 Å². The molecule has 2 heterocycles. The number of anilines is 3. The van der Waals surface area contributed by atoms with Crippen LogP contribution in [-0.4, -0.2) is 36.3 Å². The number of hydrogen-bond acceptors (Lipinski definition) is 5. The number of morpholine rings is 1. The van der Waals surface area contributed by atoms with Crippen LogP contribution in [0.2, 0.25) is 0 Å². The molecule has 3 aromatic rings. The third-order valence-electron chi connectivity index (χ3n) is 4.26. The van der Waals surface area contributed by atoms with Crippen LogP contribution in [0.3, 0.4) is 0 Å². The lowest BCUT2D eigenvalue weighted by Crippen LogP contribution is -2.36. The van der Waals surface area contributed by atoms with Crippen LogP contribution in [0.5, 0.6) is 0 Å². The maximum atomic E-state index is 5.41. The molecule has 5 nitrogen and oxygen atoms in total. The summed E-state index contributed by atoms with van der Waals surface area (Å²) in [6, 6.07) is 20.6. The molecule has 1 fully saturated rings. The maximum absolute atomic E-state index is 5.41. The summed E-state index contributed by atoms with van der Waals surface area (Å²) in [5, 5.41) is 3.44. The lowest BCUT2D eigenvalue weighted by atomic mass is 10.0. The van der Waals surface area contributed by atoms with Crippen molar-refractivity contribution >= 4 is 17.3 Å². The summed E-state index contributed by atoms with van der Waals surface area (Å²) in [6.07, 6.45) is 1.61. The number of benzene rings is 2. The zero-order chi connectivity index (χ0) is 16.9. The molecule has 0 unspecified atom stereocenters. The van der Waals surface area contributed by atoms with Crippen LogP contribution < -0.4 is 10.2 Å². The highest BCUT2D eigenvalue weighted by Crippen LogP contribution is 2.30. The monoisotopic (exact) mass is 332 g/mol. The lowest BCUT2D eigenvalue weighted by Gasteiger charge is -2.27. The van der Waals surface area contributed by atoms with Gasteiger partial charge < -0.3 is 15.0 Å². The van der Waals surface area contributed by atoms with Gasteiger partial charge in [0, 0.05) is 30.4 Å². The van der Waals surface area contributed by atoms with Crippen molar-refractivity contribution in [2.45, 2.75) is 0 Å². The fourth-order valence-corrected chi connectivity index (χ4v) is 2.98. The van der Waals surface area contributed by atoms with Gasteiger partial charge in [0.05, 0.1) is 13.2 Å². The second kappa shape index (κ2) is 7.32. The molecule has 2 aromatic carbocycles. The van der Waals surface area contributed by atoms with Gasteiger partial charge in [-0.1, -0.05) is 48.5 Å². The number of aromatic nitrogens is 2. The number of nitrogens with one attached hydrogen (secondary N) is 1. The van der Waals surface area contributed by atoms with Crippen molar-refractivity contribution in [3.05, 3.63) is 67.0 Å². The molecule has 1 aliphatic rings. The first-order valence-electron chi connectivity index (χ1n) is 8.46. The summed E-state index contributed by atoms with van der Waals surface area (Å²) >= 11 is 0. The highest BCUT2D eigenvalue weighted by atomic mass is 16.5. The second-order valence-electron chi connectivity index (χ2n) is 5.90. The molecule has 0 aliphatic carbocycles. The molecule has 1 saturated heterocycles. The van der Waals surface area contributed by atoms with Gasteiger partial charge in [-0.2, -0.15) is 0 Å². The van der Waals surface area contributed by atoms with E-state index >= 15 is 0 Å². The SMILES string of the molecule is c1ccc(-c2ccccc2Nc2cc(N3CCOCC3)ncn2)cc1. The molecule has 0 radical (unpaired) electrons. The van der Waals surface area contributed by atoms with E-state index in [1.165, 1.54) is 5.56 Å². The van der Waals surface area contributed by atoms with E-state index in [2.05, 4.69) is 44.5 Å². The maximum Gasteiger partial charge on any atom is 0.135 e. The van der Waals surface area contributed by atoms with E-state index in [0.29, 0.717) is 0 Å². The standard InChI is InChI=1S/C20H20N4O/c1-2-6-16(7-3-1)17-8-4-5-9-18(17)23-19-14-20(22-15-21-19)24-10-12-25-13-11-24/h1-9,14-15H,10-13H2,(H,21,22,23). The lowest BCUT2D eigenvalue weighted by molar-refractivity contribution is 0.122. The molecule has 0 spiro atoms. The highest BCUT2D eigenvalue weighted by molar-refractivity contribution is 5.80. The fourth-order valence-electron chi connectivity index (χ4n) is 2.98. The Morgan fingerprint density at radius 2 is 1.64 bits per heavy atom. The molecule has 0 amide bonds. The predicted molar refractivity (Wildman–Crippen MR) is 100 cm³/mol. The Hall–Kier alpha value is -2.92. The van der Waals surface area contributed by atoms with E-state index in [0.717, 1.165) is 49.2 Å². The first-order chi connectivity index (χ1) is 12.4. The Morgan fingerprint density at radius 3 is 2.48 bits per heavy atom. The molecule has 0 bridgehead atoms. The quantitative estimate of drug-likeness (QED) is 0.789. The summed E-state index contributed by atoms with van der Waals surface area (Å²) in [7, 11) is 0. The molecule has 126 valence electrons. The summed E-state index contributed by atoms with van der Waals surface area (Å²) in [4.78, 5) is 11.0. The third kappa shape index (κ3) is 3.61. The number of para-hydroxylation sites is 1. The van der Waals surface area contributed by atoms with Gasteiger partial charge in [0.1, 0.15) is 18.0 Å². The second-order valence-corrected chi connectivity index (χ2v) is 5.90. The zero-order valence-corrected chi connectivity index (χ0v) is 13.9. The van der Waals surface area contributed by atoms with Crippen molar-refractivity contribution in [2.75, 3.05) is 36.5 Å². The largest absolute Gasteiger partial charge is 0.378 e. The molecule has 0 atom stereocenters. The molecule has 1 aromatic heterocycles. The smallest absolute Gasteiger partial charge is 0.135 e. The molecule has 1 N–H and O–H groups in total. The number of ether oxygens (including phenoxy) is 1. The van der Waals surface area contributed by atoms with Crippen molar-refractivity contribution in [2.24, 2.45) is 0 Å². The van der Waals surface area contributed by atoms with Crippen LogP contribution in [0.4, 0.5) is 17.3 Å². The molecule has 5 heteroatoms. The Morgan fingerprint density at radius 1 is 0.880 bits per heavy atom. The van der Waals surface area contributed by atoms with E-state index < -0.39 is 0 Å². The third-order valence-corrected chi connectivity index (χ3v) is 4.26. The highest BCUT2D eigenvalue weighted by Gasteiger charge is 2.13. The molecule has 0 saturated carbocycles. The van der Waals surface area contributed by atoms with Crippen molar-refractivity contribution < 1.29 is 4.74 Å². The van der Waals surface area contributed by atoms with Gasteiger partial charge >= 0.3 is 0 Å². The Balaban J connectivity index is 1.61. The molecular weight excluding hydrogens is 312 g/mol. The molecular formula is C20H20N4O. The van der Waals surface area contributed by atoms with Gasteiger partial charge in [-0.25, -0.2) is 9.97 Å². The Labute approximate surface area is 147 Å². The number of nitrogens with zero attached hydrogens (tertiary/aromatic N) is 3. The van der Waals surface area contributed by atoms with E-state index in [1.807, 2.05) is 36.4 Å². The number of hydrogen-bond donors (Lipinski definition) is 1. The van der Waals surface area contributed by atoms with Crippen molar-refractivity contribution in [3.63, 3.8) is 0 Å². The van der Waals surface area contributed by atoms with Gasteiger partial charge in [-0.15, -0.1) is 0 Å². The predicted octanol–water partition coefficient (Wildman–Crippen LogP) is 3.72. The van der Waals surface area contributed by atoms with E-state index in [-0.39, 0.29) is 0 Å². The average Bonchev–Trinajstić information content (AvgIpc) is 2.70. The van der Waals surface area contributed by atoms with Gasteiger partial charge in [-0.3, -0.25) is 0 Å². The minimum Gasteiger partial charge on any atom is -0.378 e. The summed E-state index contributed by atoms with van der Waals surface area (Å²) < 4.78 is 5.41. The van der Waals surface area contributed by atoms with Crippen LogP contribution >= 0.6 is 0 Å². The van der Waals surface area contributed by atoms with E-state index in [1.54, 1.807) is 6.33 Å². The number of rotatable bonds is 4. The van der Waals surface area contributed by atoms with E-state index in [4.69, 9.17) is 4.74 Å². The normalized spacial score (nSPS) is 14.3. The topological polar surface area (TPSA) is 50.3 Å².